The smallest absolute Gasteiger partial charge is 0.369 e. The number of alkyl halides is 3. The van der Waals surface area contributed by atoms with Gasteiger partial charge in [0.1, 0.15) is 6.10 Å². The average Bonchev–Trinajstić information content (AvgIpc) is 3.30. The number of hydrogen-bond acceptors (Lipinski definition) is 3. The van der Waals surface area contributed by atoms with E-state index in [1.54, 1.807) is 6.07 Å². The lowest BCUT2D eigenvalue weighted by Crippen LogP contribution is -2.37. The third-order valence-corrected chi connectivity index (χ3v) is 6.77. The zero-order chi connectivity index (χ0) is 21.5. The summed E-state index contributed by atoms with van der Waals surface area (Å²) >= 11 is 0. The fraction of sp³-hybridized carbons (Fsp3) is 0.500. The van der Waals surface area contributed by atoms with Gasteiger partial charge >= 0.3 is 6.18 Å². The van der Waals surface area contributed by atoms with E-state index in [1.165, 1.54) is 6.92 Å². The standard InChI is InChI=1S/C24H29F3N2O/c1-3-30-22(18-7-5-4-6-17(18)21-20(28)11-13-29-21)16-9-8-15-10-12-23(2,19(15)14-16)24(25,26)27/h4-9,14,20-22,29H,3,10-13,28H2,1-2H3. The molecule has 2 aromatic carbocycles. The molecule has 0 bridgehead atoms. The summed E-state index contributed by atoms with van der Waals surface area (Å²) in [4.78, 5) is 0. The highest BCUT2D eigenvalue weighted by Gasteiger charge is 2.55. The summed E-state index contributed by atoms with van der Waals surface area (Å²) in [5.41, 5.74) is 8.44. The normalized spacial score (nSPS) is 27.3. The fourth-order valence-corrected chi connectivity index (χ4v) is 4.93. The number of halogens is 3. The Morgan fingerprint density at radius 2 is 2.00 bits per heavy atom. The molecule has 2 aromatic rings. The number of nitrogens with two attached hydrogens (primary N) is 1. The SMILES string of the molecule is CCOC(c1ccc2c(c1)C(C)(C(F)(F)F)CC2)c1ccccc1C1NCCC1N. The van der Waals surface area contributed by atoms with Gasteiger partial charge in [0.25, 0.3) is 0 Å². The number of ether oxygens (including phenoxy) is 1. The molecular weight excluding hydrogens is 389 g/mol. The molecule has 4 unspecified atom stereocenters. The second-order valence-electron chi connectivity index (χ2n) is 8.60. The quantitative estimate of drug-likeness (QED) is 0.723. The number of rotatable bonds is 5. The van der Waals surface area contributed by atoms with E-state index in [-0.39, 0.29) is 18.5 Å². The summed E-state index contributed by atoms with van der Waals surface area (Å²) < 4.78 is 47.8. The summed E-state index contributed by atoms with van der Waals surface area (Å²) in [5.74, 6) is 0. The zero-order valence-corrected chi connectivity index (χ0v) is 17.4. The summed E-state index contributed by atoms with van der Waals surface area (Å²) in [6.07, 6.45) is -3.30. The van der Waals surface area contributed by atoms with Gasteiger partial charge in [-0.25, -0.2) is 0 Å². The summed E-state index contributed by atoms with van der Waals surface area (Å²) in [6, 6.07) is 13.4. The Morgan fingerprint density at radius 3 is 2.67 bits per heavy atom. The van der Waals surface area contributed by atoms with Crippen LogP contribution in [-0.4, -0.2) is 25.4 Å². The van der Waals surface area contributed by atoms with Crippen LogP contribution in [0.4, 0.5) is 13.2 Å². The van der Waals surface area contributed by atoms with Crippen molar-refractivity contribution < 1.29 is 17.9 Å². The third kappa shape index (κ3) is 3.55. The van der Waals surface area contributed by atoms with Gasteiger partial charge in [0, 0.05) is 18.7 Å². The first-order valence-electron chi connectivity index (χ1n) is 10.7. The number of nitrogens with one attached hydrogen (secondary N) is 1. The highest BCUT2D eigenvalue weighted by Crippen LogP contribution is 2.50. The van der Waals surface area contributed by atoms with Crippen molar-refractivity contribution in [2.75, 3.05) is 13.2 Å². The third-order valence-electron chi connectivity index (χ3n) is 6.77. The molecule has 1 fully saturated rings. The van der Waals surface area contributed by atoms with E-state index in [2.05, 4.69) is 5.32 Å². The van der Waals surface area contributed by atoms with E-state index < -0.39 is 17.7 Å². The molecule has 1 saturated heterocycles. The molecule has 162 valence electrons. The van der Waals surface area contributed by atoms with E-state index in [0.29, 0.717) is 18.6 Å². The highest BCUT2D eigenvalue weighted by atomic mass is 19.4. The second kappa shape index (κ2) is 7.98. The van der Waals surface area contributed by atoms with Gasteiger partial charge in [-0.3, -0.25) is 0 Å². The van der Waals surface area contributed by atoms with E-state index in [4.69, 9.17) is 10.5 Å². The Bertz CT molecular complexity index is 914. The number of fused-ring (bicyclic) bond motifs is 1. The van der Waals surface area contributed by atoms with Crippen molar-refractivity contribution in [1.29, 1.82) is 0 Å². The van der Waals surface area contributed by atoms with Crippen molar-refractivity contribution in [1.82, 2.24) is 5.32 Å². The van der Waals surface area contributed by atoms with Crippen LogP contribution in [0.1, 0.15) is 66.7 Å². The molecule has 2 aliphatic rings. The maximum Gasteiger partial charge on any atom is 0.398 e. The predicted octanol–water partition coefficient (Wildman–Crippen LogP) is 4.94. The van der Waals surface area contributed by atoms with Crippen molar-refractivity contribution in [2.45, 2.75) is 62.9 Å². The first kappa shape index (κ1) is 21.3. The second-order valence-corrected chi connectivity index (χ2v) is 8.60. The first-order chi connectivity index (χ1) is 14.3. The maximum absolute atomic E-state index is 13.9. The van der Waals surface area contributed by atoms with Crippen molar-refractivity contribution in [3.05, 3.63) is 70.3 Å². The van der Waals surface area contributed by atoms with Crippen LogP contribution < -0.4 is 11.1 Å². The molecule has 3 nitrogen and oxygen atoms in total. The van der Waals surface area contributed by atoms with Crippen LogP contribution in [0.3, 0.4) is 0 Å². The number of benzene rings is 2. The molecular formula is C24H29F3N2O. The molecule has 0 spiro atoms. The Hall–Kier alpha value is -1.89. The van der Waals surface area contributed by atoms with Crippen LogP contribution in [0.5, 0.6) is 0 Å². The largest absolute Gasteiger partial charge is 0.398 e. The van der Waals surface area contributed by atoms with Gasteiger partial charge in [0.05, 0.1) is 5.41 Å². The van der Waals surface area contributed by atoms with Crippen LogP contribution >= 0.6 is 0 Å². The van der Waals surface area contributed by atoms with Gasteiger partial charge in [-0.15, -0.1) is 0 Å². The van der Waals surface area contributed by atoms with Gasteiger partial charge in [-0.2, -0.15) is 13.2 Å². The minimum absolute atomic E-state index is 0.00182. The first-order valence-corrected chi connectivity index (χ1v) is 10.7. The van der Waals surface area contributed by atoms with Crippen LogP contribution in [0.2, 0.25) is 0 Å². The van der Waals surface area contributed by atoms with Gasteiger partial charge in [-0.05, 0) is 67.5 Å². The van der Waals surface area contributed by atoms with Crippen LogP contribution in [0.15, 0.2) is 42.5 Å². The molecule has 1 aliphatic heterocycles. The molecule has 0 amide bonds. The lowest BCUT2D eigenvalue weighted by Gasteiger charge is -2.30. The number of aryl methyl sites for hydroxylation is 1. The van der Waals surface area contributed by atoms with Gasteiger partial charge in [0.2, 0.25) is 0 Å². The molecule has 30 heavy (non-hydrogen) atoms. The number of hydrogen-bond donors (Lipinski definition) is 2. The maximum atomic E-state index is 13.9. The molecule has 1 heterocycles. The average molecular weight is 419 g/mol. The van der Waals surface area contributed by atoms with Crippen molar-refractivity contribution >= 4 is 0 Å². The fourth-order valence-electron chi connectivity index (χ4n) is 4.93. The lowest BCUT2D eigenvalue weighted by molar-refractivity contribution is -0.184. The van der Waals surface area contributed by atoms with Gasteiger partial charge < -0.3 is 15.8 Å². The Kier molecular flexibility index (Phi) is 5.68. The van der Waals surface area contributed by atoms with Crippen molar-refractivity contribution in [3.63, 3.8) is 0 Å². The van der Waals surface area contributed by atoms with Crippen LogP contribution in [0.25, 0.3) is 0 Å². The van der Waals surface area contributed by atoms with Crippen molar-refractivity contribution in [3.8, 4) is 0 Å². The minimum atomic E-state index is -4.28. The molecule has 4 rings (SSSR count). The Labute approximate surface area is 175 Å². The lowest BCUT2D eigenvalue weighted by atomic mass is 9.81. The molecule has 0 aromatic heterocycles. The van der Waals surface area contributed by atoms with E-state index >= 15 is 0 Å². The molecule has 3 N–H and O–H groups in total. The highest BCUT2D eigenvalue weighted by molar-refractivity contribution is 5.46. The molecule has 6 heteroatoms. The molecule has 1 aliphatic carbocycles. The van der Waals surface area contributed by atoms with E-state index in [9.17, 15) is 13.2 Å². The van der Waals surface area contributed by atoms with E-state index in [1.807, 2.05) is 43.3 Å². The zero-order valence-electron chi connectivity index (χ0n) is 17.4. The molecule has 4 atom stereocenters. The monoisotopic (exact) mass is 418 g/mol. The Morgan fingerprint density at radius 1 is 1.23 bits per heavy atom. The van der Waals surface area contributed by atoms with Crippen molar-refractivity contribution in [2.24, 2.45) is 5.73 Å². The molecule has 0 saturated carbocycles. The predicted molar refractivity (Wildman–Crippen MR) is 111 cm³/mol. The van der Waals surface area contributed by atoms with Gasteiger partial charge in [0.15, 0.2) is 0 Å². The summed E-state index contributed by atoms with van der Waals surface area (Å²) in [7, 11) is 0. The van der Waals surface area contributed by atoms with Gasteiger partial charge in [-0.1, -0.05) is 42.5 Å². The molecule has 0 radical (unpaired) electrons. The van der Waals surface area contributed by atoms with Crippen LogP contribution in [-0.2, 0) is 16.6 Å². The van der Waals surface area contributed by atoms with E-state index in [0.717, 1.165) is 35.2 Å². The minimum Gasteiger partial charge on any atom is -0.369 e. The topological polar surface area (TPSA) is 47.3 Å². The Balaban J connectivity index is 1.79. The summed E-state index contributed by atoms with van der Waals surface area (Å²) in [5, 5.41) is 3.46. The van der Waals surface area contributed by atoms with Crippen LogP contribution in [0, 0.1) is 0 Å². The summed E-state index contributed by atoms with van der Waals surface area (Å²) in [6.45, 7) is 4.52.